The zero-order valence-electron chi connectivity index (χ0n) is 10.6. The number of nitrogens with one attached hydrogen (secondary N) is 1. The molecule has 0 atom stereocenters. The van der Waals surface area contributed by atoms with Gasteiger partial charge in [-0.05, 0) is 25.5 Å². The molecule has 1 aromatic carbocycles. The fourth-order valence-corrected chi connectivity index (χ4v) is 1.31. The van der Waals surface area contributed by atoms with Crippen LogP contribution in [0.3, 0.4) is 0 Å². The number of amides is 1. The maximum atomic E-state index is 11.8. The lowest BCUT2D eigenvalue weighted by Crippen LogP contribution is -2.50. The Kier molecular flexibility index (Phi) is 4.66. The number of carbonyl (C=O) groups is 2. The number of hydrogen-bond donors (Lipinski definition) is 1. The maximum absolute atomic E-state index is 11.8. The minimum Gasteiger partial charge on any atom is -0.459 e. The summed E-state index contributed by atoms with van der Waals surface area (Å²) in [6, 6.07) is 9.35. The van der Waals surface area contributed by atoms with Crippen LogP contribution in [0.2, 0.25) is 0 Å². The van der Waals surface area contributed by atoms with Gasteiger partial charge in [-0.1, -0.05) is 36.9 Å². The van der Waals surface area contributed by atoms with Crippen molar-refractivity contribution in [1.82, 2.24) is 5.32 Å². The second-order valence-electron chi connectivity index (χ2n) is 4.38. The third-order valence-electron chi connectivity index (χ3n) is 2.34. The van der Waals surface area contributed by atoms with Gasteiger partial charge in [0.05, 0.1) is 0 Å². The van der Waals surface area contributed by atoms with Crippen molar-refractivity contribution in [3.8, 4) is 0 Å². The van der Waals surface area contributed by atoms with E-state index in [9.17, 15) is 9.59 Å². The standard InChI is InChI=1S/C14H17NO3/c1-4-12(16)15-14(2,3)13(17)18-10-11-8-6-5-7-9-11/h4-9H,1,10H2,2-3H3,(H,15,16). The average Bonchev–Trinajstić information content (AvgIpc) is 2.36. The lowest BCUT2D eigenvalue weighted by molar-refractivity contribution is -0.153. The van der Waals surface area contributed by atoms with E-state index in [-0.39, 0.29) is 6.61 Å². The van der Waals surface area contributed by atoms with Crippen LogP contribution in [-0.2, 0) is 20.9 Å². The lowest BCUT2D eigenvalue weighted by Gasteiger charge is -2.23. The topological polar surface area (TPSA) is 55.4 Å². The minimum absolute atomic E-state index is 0.188. The molecule has 4 heteroatoms. The summed E-state index contributed by atoms with van der Waals surface area (Å²) >= 11 is 0. The molecule has 4 nitrogen and oxygen atoms in total. The SMILES string of the molecule is C=CC(=O)NC(C)(C)C(=O)OCc1ccccc1. The summed E-state index contributed by atoms with van der Waals surface area (Å²) in [5.41, 5.74) is -0.170. The van der Waals surface area contributed by atoms with Crippen LogP contribution in [0.5, 0.6) is 0 Å². The monoisotopic (exact) mass is 247 g/mol. The summed E-state index contributed by atoms with van der Waals surface area (Å²) in [7, 11) is 0. The van der Waals surface area contributed by atoms with Gasteiger partial charge in [-0.2, -0.15) is 0 Å². The van der Waals surface area contributed by atoms with Gasteiger partial charge in [-0.3, -0.25) is 4.79 Å². The van der Waals surface area contributed by atoms with Gasteiger partial charge in [-0.15, -0.1) is 0 Å². The molecule has 0 fully saturated rings. The van der Waals surface area contributed by atoms with Crippen LogP contribution >= 0.6 is 0 Å². The first-order valence-electron chi connectivity index (χ1n) is 5.61. The van der Waals surface area contributed by atoms with Crippen LogP contribution in [0, 0.1) is 0 Å². The van der Waals surface area contributed by atoms with Crippen LogP contribution in [-0.4, -0.2) is 17.4 Å². The molecule has 0 aliphatic rings. The molecule has 18 heavy (non-hydrogen) atoms. The third kappa shape index (κ3) is 4.05. The Balaban J connectivity index is 2.54. The van der Waals surface area contributed by atoms with E-state index in [1.165, 1.54) is 0 Å². The first kappa shape index (κ1) is 14.0. The molecule has 0 saturated carbocycles. The normalized spacial score (nSPS) is 10.6. The Labute approximate surface area is 107 Å². The lowest BCUT2D eigenvalue weighted by atomic mass is 10.1. The van der Waals surface area contributed by atoms with E-state index < -0.39 is 17.4 Å². The first-order valence-corrected chi connectivity index (χ1v) is 5.61. The number of esters is 1. The summed E-state index contributed by atoms with van der Waals surface area (Å²) in [5.74, 6) is -0.891. The highest BCUT2D eigenvalue weighted by molar-refractivity contribution is 5.92. The number of ether oxygens (including phenoxy) is 1. The predicted octanol–water partition coefficient (Wildman–Crippen LogP) is 1.81. The van der Waals surface area contributed by atoms with E-state index in [1.54, 1.807) is 13.8 Å². The molecular formula is C14H17NO3. The highest BCUT2D eigenvalue weighted by Crippen LogP contribution is 2.08. The highest BCUT2D eigenvalue weighted by Gasteiger charge is 2.30. The Morgan fingerprint density at radius 1 is 1.33 bits per heavy atom. The van der Waals surface area contributed by atoms with E-state index in [0.717, 1.165) is 11.6 Å². The second kappa shape index (κ2) is 6.00. The molecule has 96 valence electrons. The van der Waals surface area contributed by atoms with Crippen molar-refractivity contribution in [1.29, 1.82) is 0 Å². The smallest absolute Gasteiger partial charge is 0.331 e. The Hall–Kier alpha value is -2.10. The van der Waals surface area contributed by atoms with E-state index in [2.05, 4.69) is 11.9 Å². The fraction of sp³-hybridized carbons (Fsp3) is 0.286. The van der Waals surface area contributed by atoms with Gasteiger partial charge >= 0.3 is 5.97 Å². The number of benzene rings is 1. The van der Waals surface area contributed by atoms with Crippen molar-refractivity contribution in [2.75, 3.05) is 0 Å². The van der Waals surface area contributed by atoms with Crippen molar-refractivity contribution in [3.63, 3.8) is 0 Å². The summed E-state index contributed by atoms with van der Waals surface area (Å²) in [5, 5.41) is 2.51. The van der Waals surface area contributed by atoms with E-state index in [0.29, 0.717) is 0 Å². The highest BCUT2D eigenvalue weighted by atomic mass is 16.5. The average molecular weight is 247 g/mol. The predicted molar refractivity (Wildman–Crippen MR) is 68.7 cm³/mol. The molecule has 0 aromatic heterocycles. The molecule has 0 saturated heterocycles. The van der Waals surface area contributed by atoms with Crippen molar-refractivity contribution in [2.45, 2.75) is 26.0 Å². The fourth-order valence-electron chi connectivity index (χ4n) is 1.31. The molecule has 1 rings (SSSR count). The molecule has 0 aliphatic carbocycles. The van der Waals surface area contributed by atoms with E-state index in [4.69, 9.17) is 4.74 Å². The summed E-state index contributed by atoms with van der Waals surface area (Å²) in [6.07, 6.45) is 1.12. The van der Waals surface area contributed by atoms with Crippen molar-refractivity contribution in [3.05, 3.63) is 48.6 Å². The first-order chi connectivity index (χ1) is 8.45. The van der Waals surface area contributed by atoms with Crippen molar-refractivity contribution in [2.24, 2.45) is 0 Å². The molecule has 0 bridgehead atoms. The number of hydrogen-bond acceptors (Lipinski definition) is 3. The molecule has 1 N–H and O–H groups in total. The van der Waals surface area contributed by atoms with Crippen molar-refractivity contribution >= 4 is 11.9 Å². The van der Waals surface area contributed by atoms with Gasteiger partial charge in [0.2, 0.25) is 5.91 Å². The number of carbonyl (C=O) groups excluding carboxylic acids is 2. The van der Waals surface area contributed by atoms with Gasteiger partial charge in [0, 0.05) is 0 Å². The molecule has 0 spiro atoms. The van der Waals surface area contributed by atoms with Crippen LogP contribution in [0.1, 0.15) is 19.4 Å². The van der Waals surface area contributed by atoms with Crippen LogP contribution in [0.25, 0.3) is 0 Å². The molecular weight excluding hydrogens is 230 g/mol. The van der Waals surface area contributed by atoms with Gasteiger partial charge in [0.25, 0.3) is 0 Å². The summed E-state index contributed by atoms with van der Waals surface area (Å²) in [4.78, 5) is 23.0. The van der Waals surface area contributed by atoms with Gasteiger partial charge < -0.3 is 10.1 Å². The zero-order chi connectivity index (χ0) is 13.6. The third-order valence-corrected chi connectivity index (χ3v) is 2.34. The molecule has 1 amide bonds. The molecule has 1 aromatic rings. The quantitative estimate of drug-likeness (QED) is 0.637. The molecule has 0 aliphatic heterocycles. The summed E-state index contributed by atoms with van der Waals surface area (Å²) < 4.78 is 5.15. The largest absolute Gasteiger partial charge is 0.459 e. The van der Waals surface area contributed by atoms with E-state index >= 15 is 0 Å². The zero-order valence-corrected chi connectivity index (χ0v) is 10.6. The van der Waals surface area contributed by atoms with Gasteiger partial charge in [0.15, 0.2) is 0 Å². The second-order valence-corrected chi connectivity index (χ2v) is 4.38. The van der Waals surface area contributed by atoms with Gasteiger partial charge in [0.1, 0.15) is 12.1 Å². The number of rotatable bonds is 5. The summed E-state index contributed by atoms with van der Waals surface area (Å²) in [6.45, 7) is 6.69. The van der Waals surface area contributed by atoms with Crippen molar-refractivity contribution < 1.29 is 14.3 Å². The molecule has 0 heterocycles. The maximum Gasteiger partial charge on any atom is 0.331 e. The van der Waals surface area contributed by atoms with E-state index in [1.807, 2.05) is 30.3 Å². The Bertz CT molecular complexity index is 438. The Morgan fingerprint density at radius 2 is 1.94 bits per heavy atom. The van der Waals surface area contributed by atoms with Gasteiger partial charge in [-0.25, -0.2) is 4.79 Å². The van der Waals surface area contributed by atoms with Crippen LogP contribution < -0.4 is 5.32 Å². The van der Waals surface area contributed by atoms with Crippen LogP contribution in [0.4, 0.5) is 0 Å². The molecule has 0 radical (unpaired) electrons. The molecule has 0 unspecified atom stereocenters. The minimum atomic E-state index is -1.07. The Morgan fingerprint density at radius 3 is 2.50 bits per heavy atom. The van der Waals surface area contributed by atoms with Crippen LogP contribution in [0.15, 0.2) is 43.0 Å².